The zero-order valence-electron chi connectivity index (χ0n) is 6.74. The van der Waals surface area contributed by atoms with E-state index in [0.717, 1.165) is 19.3 Å². The standard InChI is InChI=1S/C8H16Cl2/c1-3-5-8(10)7(4-2)6-9/h7-8H,3-6H2,1-2H3. The molecule has 0 rings (SSSR count). The molecule has 0 N–H and O–H groups in total. The molecule has 0 heterocycles. The van der Waals surface area contributed by atoms with E-state index in [9.17, 15) is 0 Å². The van der Waals surface area contributed by atoms with Gasteiger partial charge in [0.15, 0.2) is 0 Å². The van der Waals surface area contributed by atoms with Gasteiger partial charge in [-0.2, -0.15) is 0 Å². The lowest BCUT2D eigenvalue weighted by atomic mass is 10.0. The molecule has 0 aromatic carbocycles. The van der Waals surface area contributed by atoms with Gasteiger partial charge in [0.2, 0.25) is 0 Å². The van der Waals surface area contributed by atoms with Gasteiger partial charge in [-0.15, -0.1) is 23.2 Å². The second-order valence-electron chi connectivity index (χ2n) is 2.63. The van der Waals surface area contributed by atoms with Crippen LogP contribution in [0.5, 0.6) is 0 Å². The third kappa shape index (κ3) is 3.68. The van der Waals surface area contributed by atoms with Crippen LogP contribution in [0.15, 0.2) is 0 Å². The topological polar surface area (TPSA) is 0 Å². The number of hydrogen-bond acceptors (Lipinski definition) is 0. The summed E-state index contributed by atoms with van der Waals surface area (Å²) in [5.41, 5.74) is 0. The summed E-state index contributed by atoms with van der Waals surface area (Å²) >= 11 is 11.8. The van der Waals surface area contributed by atoms with Gasteiger partial charge >= 0.3 is 0 Å². The summed E-state index contributed by atoms with van der Waals surface area (Å²) in [6.07, 6.45) is 3.34. The van der Waals surface area contributed by atoms with Crippen LogP contribution in [-0.2, 0) is 0 Å². The van der Waals surface area contributed by atoms with Crippen molar-refractivity contribution in [2.75, 3.05) is 5.88 Å². The van der Waals surface area contributed by atoms with Crippen molar-refractivity contribution in [3.05, 3.63) is 0 Å². The fraction of sp³-hybridized carbons (Fsp3) is 1.00. The maximum atomic E-state index is 6.06. The Morgan fingerprint density at radius 1 is 1.30 bits per heavy atom. The highest BCUT2D eigenvalue weighted by Gasteiger charge is 2.14. The van der Waals surface area contributed by atoms with E-state index in [0.29, 0.717) is 11.8 Å². The van der Waals surface area contributed by atoms with Crippen LogP contribution in [0.1, 0.15) is 33.1 Å². The molecule has 2 unspecified atom stereocenters. The van der Waals surface area contributed by atoms with Gasteiger partial charge < -0.3 is 0 Å². The van der Waals surface area contributed by atoms with Crippen molar-refractivity contribution in [2.24, 2.45) is 5.92 Å². The molecule has 0 aromatic rings. The van der Waals surface area contributed by atoms with Gasteiger partial charge in [0.1, 0.15) is 0 Å². The van der Waals surface area contributed by atoms with Gasteiger partial charge in [-0.25, -0.2) is 0 Å². The van der Waals surface area contributed by atoms with Crippen LogP contribution in [0, 0.1) is 5.92 Å². The summed E-state index contributed by atoms with van der Waals surface area (Å²) in [6.45, 7) is 4.29. The first kappa shape index (κ1) is 10.6. The second-order valence-corrected chi connectivity index (χ2v) is 3.50. The van der Waals surface area contributed by atoms with Crippen molar-refractivity contribution < 1.29 is 0 Å². The molecule has 0 aliphatic heterocycles. The summed E-state index contributed by atoms with van der Waals surface area (Å²) in [5, 5.41) is 0.285. The molecule has 0 aliphatic rings. The lowest BCUT2D eigenvalue weighted by molar-refractivity contribution is 0.505. The minimum absolute atomic E-state index is 0.285. The van der Waals surface area contributed by atoms with Crippen molar-refractivity contribution in [3.63, 3.8) is 0 Å². The second kappa shape index (κ2) is 6.30. The summed E-state index contributed by atoms with van der Waals surface area (Å²) in [4.78, 5) is 0. The van der Waals surface area contributed by atoms with Crippen molar-refractivity contribution >= 4 is 23.2 Å². The molecule has 0 aliphatic carbocycles. The van der Waals surface area contributed by atoms with Crippen LogP contribution >= 0.6 is 23.2 Å². The van der Waals surface area contributed by atoms with Crippen molar-refractivity contribution in [1.82, 2.24) is 0 Å². The van der Waals surface area contributed by atoms with Crippen LogP contribution in [0.2, 0.25) is 0 Å². The van der Waals surface area contributed by atoms with Gasteiger partial charge in [0.05, 0.1) is 0 Å². The molecule has 0 saturated carbocycles. The SMILES string of the molecule is CCCC(Cl)C(CC)CCl. The number of halogens is 2. The van der Waals surface area contributed by atoms with Crippen LogP contribution in [0.25, 0.3) is 0 Å². The van der Waals surface area contributed by atoms with Gasteiger partial charge in [-0.1, -0.05) is 26.7 Å². The first-order valence-corrected chi connectivity index (χ1v) is 4.93. The Bertz CT molecular complexity index is 69.7. The lowest BCUT2D eigenvalue weighted by Crippen LogP contribution is -2.15. The molecular weight excluding hydrogens is 167 g/mol. The molecule has 62 valence electrons. The maximum Gasteiger partial charge on any atom is 0.0375 e. The van der Waals surface area contributed by atoms with E-state index in [-0.39, 0.29) is 5.38 Å². The summed E-state index contributed by atoms with van der Waals surface area (Å²) in [5.74, 6) is 1.20. The molecule has 10 heavy (non-hydrogen) atoms. The minimum Gasteiger partial charge on any atom is -0.126 e. The molecule has 2 atom stereocenters. The zero-order valence-corrected chi connectivity index (χ0v) is 8.25. The van der Waals surface area contributed by atoms with Crippen LogP contribution in [0.3, 0.4) is 0 Å². The van der Waals surface area contributed by atoms with E-state index >= 15 is 0 Å². The monoisotopic (exact) mass is 182 g/mol. The lowest BCUT2D eigenvalue weighted by Gasteiger charge is -2.16. The van der Waals surface area contributed by atoms with E-state index in [1.807, 2.05) is 0 Å². The Hall–Kier alpha value is 0.580. The Labute approximate surface area is 73.9 Å². The predicted molar refractivity (Wildman–Crippen MR) is 49.1 cm³/mol. The molecule has 0 amide bonds. The van der Waals surface area contributed by atoms with Crippen molar-refractivity contribution in [1.29, 1.82) is 0 Å². The highest BCUT2D eigenvalue weighted by Crippen LogP contribution is 2.20. The molecule has 2 heteroatoms. The highest BCUT2D eigenvalue weighted by molar-refractivity contribution is 6.22. The predicted octanol–water partition coefficient (Wildman–Crippen LogP) is 3.66. The van der Waals surface area contributed by atoms with Gasteiger partial charge in [-0.05, 0) is 12.3 Å². The number of rotatable bonds is 5. The van der Waals surface area contributed by atoms with Crippen LogP contribution < -0.4 is 0 Å². The fourth-order valence-corrected chi connectivity index (χ4v) is 1.98. The number of alkyl halides is 2. The smallest absolute Gasteiger partial charge is 0.0375 e. The third-order valence-corrected chi connectivity index (χ3v) is 2.77. The van der Waals surface area contributed by atoms with Crippen molar-refractivity contribution in [3.8, 4) is 0 Å². The Morgan fingerprint density at radius 3 is 2.20 bits per heavy atom. The van der Waals surface area contributed by atoms with Gasteiger partial charge in [-0.3, -0.25) is 0 Å². The Balaban J connectivity index is 3.53. The molecule has 0 spiro atoms. The minimum atomic E-state index is 0.285. The summed E-state index contributed by atoms with van der Waals surface area (Å²) in [6, 6.07) is 0. The van der Waals surface area contributed by atoms with E-state index in [2.05, 4.69) is 13.8 Å². The summed E-state index contributed by atoms with van der Waals surface area (Å²) in [7, 11) is 0. The Morgan fingerprint density at radius 2 is 1.90 bits per heavy atom. The quantitative estimate of drug-likeness (QED) is 0.570. The normalized spacial score (nSPS) is 16.8. The molecular formula is C8H16Cl2. The first-order chi connectivity index (χ1) is 4.76. The summed E-state index contributed by atoms with van der Waals surface area (Å²) < 4.78 is 0. The van der Waals surface area contributed by atoms with Crippen LogP contribution in [-0.4, -0.2) is 11.3 Å². The molecule has 0 aromatic heterocycles. The largest absolute Gasteiger partial charge is 0.126 e. The van der Waals surface area contributed by atoms with E-state index in [4.69, 9.17) is 23.2 Å². The van der Waals surface area contributed by atoms with Crippen LogP contribution in [0.4, 0.5) is 0 Å². The van der Waals surface area contributed by atoms with E-state index in [1.54, 1.807) is 0 Å². The fourth-order valence-electron chi connectivity index (χ4n) is 0.973. The molecule has 0 saturated heterocycles. The van der Waals surface area contributed by atoms with E-state index < -0.39 is 0 Å². The average Bonchev–Trinajstić information content (AvgIpc) is 1.91. The first-order valence-electron chi connectivity index (χ1n) is 3.96. The Kier molecular flexibility index (Phi) is 6.67. The van der Waals surface area contributed by atoms with Gasteiger partial charge in [0, 0.05) is 11.3 Å². The molecule has 0 radical (unpaired) electrons. The highest BCUT2D eigenvalue weighted by atomic mass is 35.5. The van der Waals surface area contributed by atoms with Gasteiger partial charge in [0.25, 0.3) is 0 Å². The number of hydrogen-bond donors (Lipinski definition) is 0. The van der Waals surface area contributed by atoms with Crippen molar-refractivity contribution in [2.45, 2.75) is 38.5 Å². The van der Waals surface area contributed by atoms with E-state index in [1.165, 1.54) is 0 Å². The zero-order chi connectivity index (χ0) is 7.98. The maximum absolute atomic E-state index is 6.06. The molecule has 0 fully saturated rings. The molecule has 0 nitrogen and oxygen atoms in total. The average molecular weight is 183 g/mol. The molecule has 0 bridgehead atoms. The third-order valence-electron chi connectivity index (χ3n) is 1.80.